The minimum absolute atomic E-state index is 0.0692. The van der Waals surface area contributed by atoms with Crippen molar-refractivity contribution in [3.05, 3.63) is 60.8 Å². The number of carboxylic acids is 1. The molecule has 14 heteroatoms. The molecule has 0 aromatic rings. The maximum Gasteiger partial charge on any atom is 0.330 e. The number of aliphatic hydroxyl groups excluding tert-OH is 5. The number of hydrogen-bond acceptors (Lipinski definition) is 13. The van der Waals surface area contributed by atoms with E-state index in [4.69, 9.17) is 24.7 Å². The molecular weight excluding hydrogens is 618 g/mol. The number of aliphatic hydroxyl groups is 5. The van der Waals surface area contributed by atoms with Gasteiger partial charge in [0.05, 0.1) is 48.8 Å². The Morgan fingerprint density at radius 2 is 1.55 bits per heavy atom. The van der Waals surface area contributed by atoms with E-state index >= 15 is 0 Å². The van der Waals surface area contributed by atoms with Crippen LogP contribution >= 0.6 is 0 Å². The number of cyclic esters (lactones) is 1. The van der Waals surface area contributed by atoms with Crippen molar-refractivity contribution in [2.45, 2.75) is 119 Å². The number of rotatable bonds is 3. The summed E-state index contributed by atoms with van der Waals surface area (Å²) in [6.07, 6.45) is 3.57. The molecule has 0 amide bonds. The SMILES string of the molecule is C[C@@H]1C/C=C/C=C/C=C/C=C/[C@H](O[C@@H]2O[C@H](C)[C@@H](O)[C@H](N)[C@@H]2O)C[C@H](O)[C@H](C(=O)O)[C@H](O)CC(=O)C[C@H](O)C[C@@H]2O[C@H]2/C=C/C(=O)O1. The highest BCUT2D eigenvalue weighted by Crippen LogP contribution is 2.29. The molecule has 262 valence electrons. The van der Waals surface area contributed by atoms with Crippen LogP contribution in [0.15, 0.2) is 60.8 Å². The number of carbonyl (C=O) groups excluding carboxylic acids is 2. The number of epoxide rings is 1. The zero-order valence-corrected chi connectivity index (χ0v) is 26.4. The number of fused-ring (bicyclic) bond motifs is 1. The first-order valence-corrected chi connectivity index (χ1v) is 15.7. The average molecular weight is 666 g/mol. The number of carboxylic acid groups (broad SMARTS) is 1. The fourth-order valence-electron chi connectivity index (χ4n) is 5.33. The lowest BCUT2D eigenvalue weighted by molar-refractivity contribution is -0.277. The van der Waals surface area contributed by atoms with E-state index in [2.05, 4.69) is 0 Å². The van der Waals surface area contributed by atoms with Crippen LogP contribution < -0.4 is 5.73 Å². The normalized spacial score (nSPS) is 43.4. The second-order valence-electron chi connectivity index (χ2n) is 12.1. The van der Waals surface area contributed by atoms with Gasteiger partial charge in [0, 0.05) is 38.2 Å². The Bertz CT molecular complexity index is 1200. The Morgan fingerprint density at radius 3 is 2.26 bits per heavy atom. The zero-order chi connectivity index (χ0) is 34.7. The molecular formula is C33H47NO13. The molecule has 0 radical (unpaired) electrons. The smallest absolute Gasteiger partial charge is 0.330 e. The molecule has 0 unspecified atom stereocenters. The monoisotopic (exact) mass is 665 g/mol. The third-order valence-electron chi connectivity index (χ3n) is 8.05. The van der Waals surface area contributed by atoms with Gasteiger partial charge in [0.1, 0.15) is 30.0 Å². The number of allylic oxidation sites excluding steroid dienone is 6. The predicted octanol–water partition coefficient (Wildman–Crippen LogP) is -0.0377. The first-order chi connectivity index (χ1) is 22.3. The number of nitrogens with two attached hydrogens (primary N) is 1. The third-order valence-corrected chi connectivity index (χ3v) is 8.05. The van der Waals surface area contributed by atoms with Crippen molar-refractivity contribution in [3.63, 3.8) is 0 Å². The van der Waals surface area contributed by atoms with Gasteiger partial charge in [0.2, 0.25) is 0 Å². The van der Waals surface area contributed by atoms with Crippen molar-refractivity contribution in [3.8, 4) is 0 Å². The number of esters is 1. The fourth-order valence-corrected chi connectivity index (χ4v) is 5.33. The molecule has 0 aliphatic carbocycles. The zero-order valence-electron chi connectivity index (χ0n) is 26.4. The lowest BCUT2D eigenvalue weighted by Crippen LogP contribution is -2.61. The Labute approximate surface area is 273 Å². The van der Waals surface area contributed by atoms with E-state index in [1.165, 1.54) is 25.2 Å². The highest BCUT2D eigenvalue weighted by Gasteiger charge is 2.43. The number of hydrogen-bond donors (Lipinski definition) is 7. The molecule has 2 fully saturated rings. The first-order valence-electron chi connectivity index (χ1n) is 15.7. The summed E-state index contributed by atoms with van der Waals surface area (Å²) in [4.78, 5) is 36.9. The van der Waals surface area contributed by atoms with E-state index in [0.717, 1.165) is 0 Å². The molecule has 0 saturated carbocycles. The van der Waals surface area contributed by atoms with Gasteiger partial charge in [-0.2, -0.15) is 0 Å². The largest absolute Gasteiger partial charge is 0.481 e. The fraction of sp³-hybridized carbons (Fsp3) is 0.606. The summed E-state index contributed by atoms with van der Waals surface area (Å²) in [5.74, 6) is -4.54. The molecule has 8 N–H and O–H groups in total. The van der Waals surface area contributed by atoms with Crippen LogP contribution in [0.3, 0.4) is 0 Å². The summed E-state index contributed by atoms with van der Waals surface area (Å²) in [7, 11) is 0. The molecule has 0 spiro atoms. The van der Waals surface area contributed by atoms with Crippen LogP contribution in [-0.2, 0) is 33.3 Å². The lowest BCUT2D eigenvalue weighted by atomic mass is 9.88. The van der Waals surface area contributed by atoms with Crippen LogP contribution in [0.25, 0.3) is 0 Å². The van der Waals surface area contributed by atoms with Gasteiger partial charge < -0.3 is 55.3 Å². The van der Waals surface area contributed by atoms with Gasteiger partial charge in [0.25, 0.3) is 0 Å². The van der Waals surface area contributed by atoms with Crippen LogP contribution in [0.4, 0.5) is 0 Å². The van der Waals surface area contributed by atoms with Gasteiger partial charge in [-0.3, -0.25) is 9.59 Å². The predicted molar refractivity (Wildman–Crippen MR) is 166 cm³/mol. The summed E-state index contributed by atoms with van der Waals surface area (Å²) in [5, 5.41) is 62.6. The maximum atomic E-state index is 12.6. The molecule has 3 aliphatic rings. The maximum absolute atomic E-state index is 12.6. The number of ketones is 1. The second kappa shape index (κ2) is 18.5. The van der Waals surface area contributed by atoms with Crippen LogP contribution in [-0.4, -0.2) is 122 Å². The Balaban J connectivity index is 1.79. The lowest BCUT2D eigenvalue weighted by Gasteiger charge is -2.41. The van der Waals surface area contributed by atoms with E-state index in [9.17, 15) is 45.0 Å². The van der Waals surface area contributed by atoms with E-state index in [0.29, 0.717) is 6.42 Å². The molecule has 13 atom stereocenters. The van der Waals surface area contributed by atoms with Gasteiger partial charge in [-0.1, -0.05) is 48.6 Å². The highest BCUT2D eigenvalue weighted by molar-refractivity contribution is 5.82. The molecule has 0 aromatic carbocycles. The molecule has 3 heterocycles. The number of carbonyl (C=O) groups is 3. The Kier molecular flexibility index (Phi) is 15.1. The van der Waals surface area contributed by atoms with E-state index in [1.54, 1.807) is 43.4 Å². The third kappa shape index (κ3) is 12.5. The van der Waals surface area contributed by atoms with Crippen molar-refractivity contribution in [1.29, 1.82) is 0 Å². The standard InChI is InChI=1S/C33H47NO13/c1-18-10-8-6-4-3-5-7-9-11-22(46-33-31(41)29(34)30(40)19(2)45-33)17-24(38)28(32(42)43)23(37)15-20(35)14-21(36)16-26-25(47-26)12-13-27(39)44-18/h3-9,11-13,18-19,21-26,28-31,33,36-38,40-41H,10,14-17,34H2,1-2H3,(H,42,43)/b4-3+,7-5+,8-6+,11-9+,13-12+/t18-,19-,21+,22+,23-,24+,25+,26+,28-,29+,30-,31+,33+/m1/s1. The summed E-state index contributed by atoms with van der Waals surface area (Å²) in [6.45, 7) is 3.29. The summed E-state index contributed by atoms with van der Waals surface area (Å²) in [6, 6.07) is -1.10. The summed E-state index contributed by atoms with van der Waals surface area (Å²) in [5.41, 5.74) is 5.91. The van der Waals surface area contributed by atoms with Crippen LogP contribution in [0, 0.1) is 5.92 Å². The van der Waals surface area contributed by atoms with Gasteiger partial charge in [0.15, 0.2) is 6.29 Å². The van der Waals surface area contributed by atoms with Crippen molar-refractivity contribution in [2.24, 2.45) is 11.7 Å². The van der Waals surface area contributed by atoms with Crippen LogP contribution in [0.1, 0.15) is 46.0 Å². The Morgan fingerprint density at radius 1 is 0.872 bits per heavy atom. The summed E-state index contributed by atoms with van der Waals surface area (Å²) < 4.78 is 22.2. The average Bonchev–Trinajstić information content (AvgIpc) is 3.72. The molecule has 0 aromatic heterocycles. The van der Waals surface area contributed by atoms with E-state index in [-0.39, 0.29) is 25.4 Å². The van der Waals surface area contributed by atoms with Crippen molar-refractivity contribution in [2.75, 3.05) is 0 Å². The first kappa shape index (κ1) is 38.4. The molecule has 2 saturated heterocycles. The second-order valence-corrected chi connectivity index (χ2v) is 12.1. The van der Waals surface area contributed by atoms with Gasteiger partial charge in [-0.25, -0.2) is 4.79 Å². The van der Waals surface area contributed by atoms with Crippen molar-refractivity contribution >= 4 is 17.7 Å². The van der Waals surface area contributed by atoms with Crippen LogP contribution in [0.2, 0.25) is 0 Å². The molecule has 3 aliphatic heterocycles. The number of Topliss-reactive ketones (excluding diaryl/α,β-unsaturated/α-hetero) is 1. The topological polar surface area (TPSA) is 239 Å². The van der Waals surface area contributed by atoms with E-state index < -0.39 is 97.3 Å². The molecule has 14 nitrogen and oxygen atoms in total. The van der Waals surface area contributed by atoms with Gasteiger partial charge in [-0.05, 0) is 19.9 Å². The quantitative estimate of drug-likeness (QED) is 0.155. The molecule has 0 bridgehead atoms. The minimum Gasteiger partial charge on any atom is -0.481 e. The minimum atomic E-state index is -1.80. The van der Waals surface area contributed by atoms with Crippen molar-refractivity contribution in [1.82, 2.24) is 0 Å². The Hall–Kier alpha value is -3.05. The molecule has 47 heavy (non-hydrogen) atoms. The van der Waals surface area contributed by atoms with E-state index in [1.807, 2.05) is 6.08 Å². The number of aliphatic carboxylic acids is 1. The molecule has 3 rings (SSSR count). The highest BCUT2D eigenvalue weighted by atomic mass is 16.7. The van der Waals surface area contributed by atoms with Gasteiger partial charge in [-0.15, -0.1) is 0 Å². The summed E-state index contributed by atoms with van der Waals surface area (Å²) >= 11 is 0. The number of ether oxygens (including phenoxy) is 4. The van der Waals surface area contributed by atoms with Crippen molar-refractivity contribution < 1.29 is 64.0 Å². The van der Waals surface area contributed by atoms with Crippen LogP contribution in [0.5, 0.6) is 0 Å². The van der Waals surface area contributed by atoms with Gasteiger partial charge >= 0.3 is 11.9 Å².